The third-order valence-corrected chi connectivity index (χ3v) is 10.7. The number of ether oxygens (including phenoxy) is 3. The number of aliphatic hydroxyl groups is 4. The summed E-state index contributed by atoms with van der Waals surface area (Å²) in [4.78, 5) is 46.2. The van der Waals surface area contributed by atoms with Gasteiger partial charge in [0.05, 0.1) is 19.3 Å². The van der Waals surface area contributed by atoms with Gasteiger partial charge in [0.1, 0.15) is 36.7 Å². The molecule has 278 valence electrons. The monoisotopic (exact) mass is 732 g/mol. The van der Waals surface area contributed by atoms with Crippen LogP contribution in [0.25, 0.3) is 0 Å². The third kappa shape index (κ3) is 12.5. The van der Waals surface area contributed by atoms with Crippen molar-refractivity contribution in [1.82, 2.24) is 9.55 Å². The normalized spacial score (nSPS) is 30.2. The molecule has 2 aliphatic rings. The Hall–Kier alpha value is -1.34. The number of hydrogen-bond donors (Lipinski definition) is 7. The molecule has 0 saturated carbocycles. The Labute approximate surface area is 278 Å². The molecule has 7 N–H and O–H groups in total. The van der Waals surface area contributed by atoms with Crippen molar-refractivity contribution in [3.8, 4) is 0 Å². The number of nitrogens with zero attached hydrogens (tertiary/aromatic N) is 1. The lowest BCUT2D eigenvalue weighted by molar-refractivity contribution is -0.288. The molecule has 0 spiro atoms. The minimum Gasteiger partial charge on any atom is -0.394 e. The van der Waals surface area contributed by atoms with E-state index in [-0.39, 0.29) is 18.6 Å². The van der Waals surface area contributed by atoms with Crippen molar-refractivity contribution in [2.24, 2.45) is 0 Å². The molecule has 0 aliphatic carbocycles. The summed E-state index contributed by atoms with van der Waals surface area (Å²) < 4.78 is 56.4. The molecule has 20 heteroatoms. The maximum absolute atomic E-state index is 12.7. The number of nitrogens with one attached hydrogen (secondary N) is 1. The Morgan fingerprint density at radius 3 is 2.17 bits per heavy atom. The van der Waals surface area contributed by atoms with E-state index in [9.17, 15) is 48.9 Å². The second-order valence-corrected chi connectivity index (χ2v) is 15.1. The van der Waals surface area contributed by atoms with E-state index in [1.165, 1.54) is 45.2 Å². The fourth-order valence-corrected chi connectivity index (χ4v) is 7.61. The van der Waals surface area contributed by atoms with E-state index in [1.54, 1.807) is 0 Å². The van der Waals surface area contributed by atoms with Gasteiger partial charge in [0, 0.05) is 24.8 Å². The molecular weight excluding hydrogens is 682 g/mol. The highest BCUT2D eigenvalue weighted by atomic mass is 31.3. The van der Waals surface area contributed by atoms with Crippen LogP contribution >= 0.6 is 15.6 Å². The molecule has 10 atom stereocenters. The number of aliphatic hydroxyl groups excluding tert-OH is 4. The van der Waals surface area contributed by atoms with Gasteiger partial charge >= 0.3 is 21.3 Å². The number of phosphoric acid groups is 2. The smallest absolute Gasteiger partial charge is 0.394 e. The summed E-state index contributed by atoms with van der Waals surface area (Å²) in [5.41, 5.74) is -1.23. The number of H-pyrrole nitrogens is 1. The molecule has 0 aromatic carbocycles. The summed E-state index contributed by atoms with van der Waals surface area (Å²) in [6.07, 6.45) is -0.0591. The van der Waals surface area contributed by atoms with Crippen molar-refractivity contribution >= 4 is 15.6 Å². The van der Waals surface area contributed by atoms with Gasteiger partial charge in [0.2, 0.25) is 0 Å². The Bertz CT molecular complexity index is 1340. The van der Waals surface area contributed by atoms with Crippen LogP contribution in [0.5, 0.6) is 0 Å². The van der Waals surface area contributed by atoms with E-state index in [2.05, 4.69) is 16.2 Å². The first-order valence-corrected chi connectivity index (χ1v) is 19.3. The average Bonchev–Trinajstić information content (AvgIpc) is 3.38. The van der Waals surface area contributed by atoms with Gasteiger partial charge in [-0.2, -0.15) is 4.31 Å². The lowest BCUT2D eigenvalue weighted by Gasteiger charge is -2.41. The molecule has 0 radical (unpaired) electrons. The Balaban J connectivity index is 1.48. The highest BCUT2D eigenvalue weighted by Gasteiger charge is 2.49. The summed E-state index contributed by atoms with van der Waals surface area (Å²) in [5, 5.41) is 41.2. The number of aromatic amines is 1. The average molecular weight is 733 g/mol. The van der Waals surface area contributed by atoms with Crippen LogP contribution in [-0.2, 0) is 36.7 Å². The van der Waals surface area contributed by atoms with Gasteiger partial charge in [-0.15, -0.1) is 0 Å². The number of unbranched alkanes of at least 4 members (excludes halogenated alkanes) is 9. The zero-order valence-corrected chi connectivity index (χ0v) is 29.0. The van der Waals surface area contributed by atoms with E-state index in [1.807, 2.05) is 0 Å². The maximum Gasteiger partial charge on any atom is 0.483 e. The van der Waals surface area contributed by atoms with Crippen molar-refractivity contribution in [2.75, 3.05) is 19.8 Å². The Kier molecular flexibility index (Phi) is 16.5. The topological polar surface area (TPSA) is 266 Å². The second-order valence-electron chi connectivity index (χ2n) is 12.1. The summed E-state index contributed by atoms with van der Waals surface area (Å²) in [6, 6.07) is 0. The largest absolute Gasteiger partial charge is 0.483 e. The predicted octanol–water partition coefficient (Wildman–Crippen LogP) is 1.49. The first-order valence-electron chi connectivity index (χ1n) is 16.3. The van der Waals surface area contributed by atoms with Gasteiger partial charge in [-0.1, -0.05) is 64.7 Å². The predicted molar refractivity (Wildman–Crippen MR) is 168 cm³/mol. The molecule has 0 bridgehead atoms. The quantitative estimate of drug-likeness (QED) is 0.0697. The fourth-order valence-electron chi connectivity index (χ4n) is 5.45. The van der Waals surface area contributed by atoms with Gasteiger partial charge in [0.25, 0.3) is 5.56 Å². The molecule has 2 aliphatic heterocycles. The molecule has 2 saturated heterocycles. The van der Waals surface area contributed by atoms with Crippen LogP contribution in [0.1, 0.15) is 89.3 Å². The SMILES string of the molecule is CCCCCCCCCCCCO[C@@H]1[C@@H](O)[C@@H](OP(=O)(O)OP(=O)(O)OC[C@H]2O[C@@H](n3cc(C)c(=O)[nH]c3=O)C[C@@H]2O)O[C@H](CO)[C@H]1O. The highest BCUT2D eigenvalue weighted by molar-refractivity contribution is 7.61. The van der Waals surface area contributed by atoms with Gasteiger partial charge in [-0.05, 0) is 13.3 Å². The van der Waals surface area contributed by atoms with Gasteiger partial charge in [0.15, 0.2) is 6.29 Å². The van der Waals surface area contributed by atoms with Gasteiger partial charge < -0.3 is 44.4 Å². The summed E-state index contributed by atoms with van der Waals surface area (Å²) in [5.74, 6) is 0. The standard InChI is InChI=1S/C28H50N2O16P2/c1-3-4-5-6-7-8-9-10-11-12-13-41-25-23(33)20(16-31)44-27(24(25)34)45-48(39,40)46-47(37,38)42-17-21-19(32)14-22(43-21)30-15-18(2)26(35)29-28(30)36/h15,19-25,27,31-34H,3-14,16-17H2,1-2H3,(H,37,38)(H,39,40)(H,29,35,36)/t19-,20+,21+,22+,23+,24+,25-,27+/m0/s1. The molecule has 1 aromatic rings. The molecule has 0 amide bonds. The van der Waals surface area contributed by atoms with Crippen LogP contribution in [0.3, 0.4) is 0 Å². The molecule has 1 aromatic heterocycles. The Morgan fingerprint density at radius 2 is 1.54 bits per heavy atom. The molecular formula is C28H50N2O16P2. The van der Waals surface area contributed by atoms with Crippen LogP contribution in [0.4, 0.5) is 0 Å². The van der Waals surface area contributed by atoms with E-state index in [4.69, 9.17) is 23.3 Å². The lowest BCUT2D eigenvalue weighted by atomic mass is 9.99. The van der Waals surface area contributed by atoms with E-state index >= 15 is 0 Å². The van der Waals surface area contributed by atoms with Crippen molar-refractivity contribution < 1.29 is 66.9 Å². The van der Waals surface area contributed by atoms with Crippen LogP contribution in [0, 0.1) is 6.92 Å². The number of aromatic nitrogens is 2. The zero-order valence-electron chi connectivity index (χ0n) is 27.2. The number of rotatable bonds is 21. The first-order chi connectivity index (χ1) is 22.7. The second kappa shape index (κ2) is 19.3. The molecule has 18 nitrogen and oxygen atoms in total. The third-order valence-electron chi connectivity index (χ3n) is 8.14. The van der Waals surface area contributed by atoms with Crippen LogP contribution in [0.15, 0.2) is 15.8 Å². The molecule has 2 fully saturated rings. The molecule has 3 rings (SSSR count). The number of aryl methyl sites for hydroxylation is 1. The van der Waals surface area contributed by atoms with Crippen molar-refractivity contribution in [3.05, 3.63) is 32.6 Å². The zero-order chi connectivity index (χ0) is 35.5. The van der Waals surface area contributed by atoms with E-state index in [0.717, 1.165) is 30.3 Å². The van der Waals surface area contributed by atoms with Crippen molar-refractivity contribution in [1.29, 1.82) is 0 Å². The molecule has 48 heavy (non-hydrogen) atoms. The van der Waals surface area contributed by atoms with Crippen molar-refractivity contribution in [2.45, 2.75) is 134 Å². The summed E-state index contributed by atoms with van der Waals surface area (Å²) in [6.45, 7) is 2.14. The molecule has 2 unspecified atom stereocenters. The van der Waals surface area contributed by atoms with Crippen LogP contribution in [0.2, 0.25) is 0 Å². The van der Waals surface area contributed by atoms with Gasteiger partial charge in [-0.25, -0.2) is 13.9 Å². The van der Waals surface area contributed by atoms with Crippen molar-refractivity contribution in [3.63, 3.8) is 0 Å². The lowest BCUT2D eigenvalue weighted by Crippen LogP contribution is -2.60. The van der Waals surface area contributed by atoms with Crippen LogP contribution in [-0.4, -0.2) is 102 Å². The fraction of sp³-hybridized carbons (Fsp3) is 0.857. The number of hydrogen-bond acceptors (Lipinski definition) is 14. The number of phosphoric ester groups is 2. The minimum absolute atomic E-state index is 0.125. The summed E-state index contributed by atoms with van der Waals surface area (Å²) in [7, 11) is -10.9. The summed E-state index contributed by atoms with van der Waals surface area (Å²) >= 11 is 0. The van der Waals surface area contributed by atoms with Crippen LogP contribution < -0.4 is 11.2 Å². The Morgan fingerprint density at radius 1 is 0.917 bits per heavy atom. The van der Waals surface area contributed by atoms with E-state index in [0.29, 0.717) is 6.42 Å². The highest BCUT2D eigenvalue weighted by Crippen LogP contribution is 2.61. The minimum atomic E-state index is -5.54. The first kappa shape index (κ1) is 41.1. The maximum atomic E-state index is 12.7. The van der Waals surface area contributed by atoms with E-state index < -0.39 is 89.2 Å². The van der Waals surface area contributed by atoms with Gasteiger partial charge in [-0.3, -0.25) is 23.4 Å². The molecule has 3 heterocycles.